The fourth-order valence-corrected chi connectivity index (χ4v) is 4.38. The lowest BCUT2D eigenvalue weighted by molar-refractivity contribution is -0.155. The summed E-state index contributed by atoms with van der Waals surface area (Å²) in [5, 5.41) is 11.1. The van der Waals surface area contributed by atoms with Crippen LogP contribution in [0, 0.1) is 5.92 Å². The molecule has 1 amide bonds. The normalized spacial score (nSPS) is 30.7. The van der Waals surface area contributed by atoms with Crippen LogP contribution in [0.1, 0.15) is 57.1 Å². The first-order valence-corrected chi connectivity index (χ1v) is 8.75. The summed E-state index contributed by atoms with van der Waals surface area (Å²) in [6.45, 7) is 2.56. The van der Waals surface area contributed by atoms with Crippen LogP contribution in [0.4, 0.5) is 0 Å². The molecule has 2 aliphatic rings. The third-order valence-electron chi connectivity index (χ3n) is 5.65. The Kier molecular flexibility index (Phi) is 4.62. The van der Waals surface area contributed by atoms with Gasteiger partial charge in [-0.25, -0.2) is 0 Å². The van der Waals surface area contributed by atoms with E-state index in [2.05, 4.69) is 0 Å². The molecule has 3 rings (SSSR count). The number of methoxy groups -OCH3 is 1. The van der Waals surface area contributed by atoms with Crippen molar-refractivity contribution in [3.8, 4) is 5.75 Å². The highest BCUT2D eigenvalue weighted by Gasteiger charge is 2.49. The Bertz CT molecular complexity index is 556. The molecule has 4 nitrogen and oxygen atoms in total. The van der Waals surface area contributed by atoms with Crippen molar-refractivity contribution in [2.75, 3.05) is 13.7 Å². The standard InChI is InChI=1S/C19H27NO3/c1-3-17(21)20-13-12-19(22)11-5-4-6-16(19)18(20)14-7-9-15(23-2)10-8-14/h7-10,16,18,22H,3-6,11-13H2,1-2H3/t16-,18+,19+/m1/s1. The number of rotatable bonds is 3. The molecule has 1 aliphatic carbocycles. The minimum Gasteiger partial charge on any atom is -0.497 e. The molecule has 4 heteroatoms. The monoisotopic (exact) mass is 317 g/mol. The first-order chi connectivity index (χ1) is 11.1. The predicted octanol–water partition coefficient (Wildman–Crippen LogP) is 3.30. The van der Waals surface area contributed by atoms with Gasteiger partial charge in [0.2, 0.25) is 5.91 Å². The molecule has 3 atom stereocenters. The van der Waals surface area contributed by atoms with Crippen LogP contribution in [0.3, 0.4) is 0 Å². The molecule has 1 aromatic carbocycles. The number of likely N-dealkylation sites (tertiary alicyclic amines) is 1. The van der Waals surface area contributed by atoms with E-state index in [-0.39, 0.29) is 17.9 Å². The predicted molar refractivity (Wildman–Crippen MR) is 89.3 cm³/mol. The molecular weight excluding hydrogens is 290 g/mol. The smallest absolute Gasteiger partial charge is 0.222 e. The molecule has 1 saturated carbocycles. The number of carbonyl (C=O) groups is 1. The van der Waals surface area contributed by atoms with Crippen LogP contribution in [-0.4, -0.2) is 35.2 Å². The molecule has 1 heterocycles. The summed E-state index contributed by atoms with van der Waals surface area (Å²) in [7, 11) is 1.66. The summed E-state index contributed by atoms with van der Waals surface area (Å²) >= 11 is 0. The van der Waals surface area contributed by atoms with E-state index in [9.17, 15) is 9.90 Å². The van der Waals surface area contributed by atoms with Gasteiger partial charge >= 0.3 is 0 Å². The van der Waals surface area contributed by atoms with Gasteiger partial charge in [0.05, 0.1) is 18.8 Å². The van der Waals surface area contributed by atoms with Gasteiger partial charge in [0.15, 0.2) is 0 Å². The van der Waals surface area contributed by atoms with Gasteiger partial charge in [-0.1, -0.05) is 31.9 Å². The fraction of sp³-hybridized carbons (Fsp3) is 0.632. The van der Waals surface area contributed by atoms with E-state index in [1.54, 1.807) is 7.11 Å². The molecule has 126 valence electrons. The Morgan fingerprint density at radius 2 is 2.04 bits per heavy atom. The second-order valence-electron chi connectivity index (χ2n) is 6.86. The summed E-state index contributed by atoms with van der Waals surface area (Å²) in [6, 6.07) is 7.95. The number of benzene rings is 1. The summed E-state index contributed by atoms with van der Waals surface area (Å²) in [4.78, 5) is 14.5. The van der Waals surface area contributed by atoms with Crippen LogP contribution in [0.2, 0.25) is 0 Å². The first kappa shape index (κ1) is 16.3. The van der Waals surface area contributed by atoms with Gasteiger partial charge in [0, 0.05) is 18.9 Å². The summed E-state index contributed by atoms with van der Waals surface area (Å²) in [5.41, 5.74) is 0.491. The van der Waals surface area contributed by atoms with E-state index >= 15 is 0 Å². The van der Waals surface area contributed by atoms with Crippen molar-refractivity contribution in [3.05, 3.63) is 29.8 Å². The Hall–Kier alpha value is -1.55. The second-order valence-corrected chi connectivity index (χ2v) is 6.86. The zero-order chi connectivity index (χ0) is 16.4. The molecule has 1 saturated heterocycles. The Balaban J connectivity index is 1.98. The molecule has 1 aliphatic heterocycles. The molecule has 2 fully saturated rings. The number of piperidine rings is 1. The number of nitrogens with zero attached hydrogens (tertiary/aromatic N) is 1. The van der Waals surface area contributed by atoms with Crippen molar-refractivity contribution in [3.63, 3.8) is 0 Å². The average Bonchev–Trinajstić information content (AvgIpc) is 2.59. The summed E-state index contributed by atoms with van der Waals surface area (Å²) < 4.78 is 5.25. The quantitative estimate of drug-likeness (QED) is 0.930. The number of hydrogen-bond donors (Lipinski definition) is 1. The van der Waals surface area contributed by atoms with Crippen LogP contribution < -0.4 is 4.74 Å². The van der Waals surface area contributed by atoms with Gasteiger partial charge in [-0.15, -0.1) is 0 Å². The van der Waals surface area contributed by atoms with Gasteiger partial charge in [-0.3, -0.25) is 4.79 Å². The zero-order valence-corrected chi connectivity index (χ0v) is 14.1. The van der Waals surface area contributed by atoms with Gasteiger partial charge in [0.1, 0.15) is 5.75 Å². The number of hydrogen-bond acceptors (Lipinski definition) is 3. The van der Waals surface area contributed by atoms with Crippen molar-refractivity contribution in [1.29, 1.82) is 0 Å². The van der Waals surface area contributed by atoms with E-state index in [1.807, 2.05) is 36.1 Å². The topological polar surface area (TPSA) is 49.8 Å². The number of fused-ring (bicyclic) bond motifs is 1. The maximum Gasteiger partial charge on any atom is 0.222 e. The van der Waals surface area contributed by atoms with Gasteiger partial charge in [0.25, 0.3) is 0 Å². The van der Waals surface area contributed by atoms with Gasteiger partial charge in [-0.05, 0) is 37.0 Å². The van der Waals surface area contributed by atoms with E-state index in [0.717, 1.165) is 37.0 Å². The van der Waals surface area contributed by atoms with Crippen molar-refractivity contribution < 1.29 is 14.6 Å². The molecule has 0 bridgehead atoms. The molecule has 1 N–H and O–H groups in total. The largest absolute Gasteiger partial charge is 0.497 e. The van der Waals surface area contributed by atoms with Crippen LogP contribution >= 0.6 is 0 Å². The lowest BCUT2D eigenvalue weighted by atomic mass is 9.66. The van der Waals surface area contributed by atoms with Crippen LogP contribution in [0.5, 0.6) is 5.75 Å². The summed E-state index contributed by atoms with van der Waals surface area (Å²) in [6.07, 6.45) is 5.28. The minimum atomic E-state index is -0.618. The van der Waals surface area contributed by atoms with E-state index in [4.69, 9.17) is 4.74 Å². The number of carbonyl (C=O) groups excluding carboxylic acids is 1. The van der Waals surface area contributed by atoms with Crippen molar-refractivity contribution >= 4 is 5.91 Å². The maximum absolute atomic E-state index is 12.5. The highest BCUT2D eigenvalue weighted by Crippen LogP contribution is 2.49. The fourth-order valence-electron chi connectivity index (χ4n) is 4.38. The third kappa shape index (κ3) is 2.97. The molecular formula is C19H27NO3. The Morgan fingerprint density at radius 3 is 2.70 bits per heavy atom. The minimum absolute atomic E-state index is 0.0209. The van der Waals surface area contributed by atoms with Crippen molar-refractivity contribution in [2.45, 2.75) is 57.1 Å². The molecule has 0 radical (unpaired) electrons. The van der Waals surface area contributed by atoms with Gasteiger partial charge < -0.3 is 14.7 Å². The van der Waals surface area contributed by atoms with E-state index < -0.39 is 5.60 Å². The molecule has 0 aromatic heterocycles. The Morgan fingerprint density at radius 1 is 1.30 bits per heavy atom. The van der Waals surface area contributed by atoms with Gasteiger partial charge in [-0.2, -0.15) is 0 Å². The first-order valence-electron chi connectivity index (χ1n) is 8.75. The maximum atomic E-state index is 12.5. The second kappa shape index (κ2) is 6.52. The summed E-state index contributed by atoms with van der Waals surface area (Å²) in [5.74, 6) is 1.13. The number of amides is 1. The van der Waals surface area contributed by atoms with Crippen molar-refractivity contribution in [2.24, 2.45) is 5.92 Å². The molecule has 1 aromatic rings. The number of ether oxygens (including phenoxy) is 1. The average molecular weight is 317 g/mol. The SMILES string of the molecule is CCC(=O)N1CC[C@@]2(O)CCCC[C@@H]2[C@@H]1c1ccc(OC)cc1. The third-order valence-corrected chi connectivity index (χ3v) is 5.65. The van der Waals surface area contributed by atoms with E-state index in [1.165, 1.54) is 0 Å². The highest BCUT2D eigenvalue weighted by molar-refractivity contribution is 5.76. The van der Waals surface area contributed by atoms with Crippen LogP contribution in [-0.2, 0) is 4.79 Å². The number of aliphatic hydroxyl groups is 1. The van der Waals surface area contributed by atoms with Crippen LogP contribution in [0.25, 0.3) is 0 Å². The van der Waals surface area contributed by atoms with Crippen LogP contribution in [0.15, 0.2) is 24.3 Å². The molecule has 0 unspecified atom stereocenters. The lowest BCUT2D eigenvalue weighted by Crippen LogP contribution is -2.56. The van der Waals surface area contributed by atoms with Crippen molar-refractivity contribution in [1.82, 2.24) is 4.90 Å². The van der Waals surface area contributed by atoms with E-state index in [0.29, 0.717) is 19.4 Å². The highest BCUT2D eigenvalue weighted by atomic mass is 16.5. The molecule has 23 heavy (non-hydrogen) atoms. The zero-order valence-electron chi connectivity index (χ0n) is 14.1. The Labute approximate surface area is 138 Å². The lowest BCUT2D eigenvalue weighted by Gasteiger charge is -2.52. The molecule has 0 spiro atoms.